The minimum absolute atomic E-state index is 0.0217. The summed E-state index contributed by atoms with van der Waals surface area (Å²) in [6.07, 6.45) is -2.60. The Kier molecular flexibility index (Phi) is 7.10. The Morgan fingerprint density at radius 2 is 1.59 bits per heavy atom. The number of ether oxygens (including phenoxy) is 1. The Hall–Kier alpha value is -3.91. The fourth-order valence-electron chi connectivity index (χ4n) is 4.44. The molecule has 1 saturated heterocycles. The fourth-order valence-corrected chi connectivity index (χ4v) is 4.44. The molecule has 0 radical (unpaired) electrons. The zero-order chi connectivity index (χ0) is 25.8. The second-order valence-corrected chi connectivity index (χ2v) is 9.10. The molecule has 2 heterocycles. The van der Waals surface area contributed by atoms with Crippen LogP contribution in [-0.4, -0.2) is 46.9 Å². The van der Waals surface area contributed by atoms with Gasteiger partial charge in [-0.2, -0.15) is 13.2 Å². The predicted octanol–water partition coefficient (Wildman–Crippen LogP) is 5.79. The summed E-state index contributed by atoms with van der Waals surface area (Å²) in [5, 5.41) is 1.94. The van der Waals surface area contributed by atoms with Crippen LogP contribution in [0.2, 0.25) is 0 Å². The van der Waals surface area contributed by atoms with Crippen molar-refractivity contribution in [1.82, 2.24) is 14.8 Å². The summed E-state index contributed by atoms with van der Waals surface area (Å²) >= 11 is 0. The monoisotopic (exact) mass is 505 g/mol. The molecule has 4 aromatic rings. The number of amides is 1. The quantitative estimate of drug-likeness (QED) is 0.333. The zero-order valence-electron chi connectivity index (χ0n) is 20.1. The number of alkyl halides is 3. The number of rotatable bonds is 6. The molecule has 5 rings (SSSR count). The number of hydrogen-bond acceptors (Lipinski definition) is 4. The average Bonchev–Trinajstić information content (AvgIpc) is 2.92. The van der Waals surface area contributed by atoms with Crippen molar-refractivity contribution < 1.29 is 22.7 Å². The largest absolute Gasteiger partial charge is 0.487 e. The molecule has 1 aliphatic rings. The summed E-state index contributed by atoms with van der Waals surface area (Å²) in [7, 11) is 0. The number of carbonyl (C=O) groups excluding carboxylic acids is 1. The van der Waals surface area contributed by atoms with Gasteiger partial charge in [-0.05, 0) is 64.9 Å². The van der Waals surface area contributed by atoms with Gasteiger partial charge >= 0.3 is 6.18 Å². The van der Waals surface area contributed by atoms with Gasteiger partial charge in [0.25, 0.3) is 5.91 Å². The van der Waals surface area contributed by atoms with E-state index in [1.807, 2.05) is 59.5 Å². The van der Waals surface area contributed by atoms with Crippen LogP contribution in [0.4, 0.5) is 13.2 Å². The average molecular weight is 506 g/mol. The highest BCUT2D eigenvalue weighted by molar-refractivity contribution is 5.98. The van der Waals surface area contributed by atoms with E-state index in [1.165, 1.54) is 12.1 Å². The maximum Gasteiger partial charge on any atom is 0.416 e. The first-order valence-electron chi connectivity index (χ1n) is 12.1. The second kappa shape index (κ2) is 10.6. The molecule has 0 unspecified atom stereocenters. The van der Waals surface area contributed by atoms with Gasteiger partial charge in [0.05, 0.1) is 11.3 Å². The first-order valence-corrected chi connectivity index (χ1v) is 12.1. The molecule has 5 nitrogen and oxygen atoms in total. The number of pyridine rings is 1. The van der Waals surface area contributed by atoms with Gasteiger partial charge in [-0.25, -0.2) is 0 Å². The minimum Gasteiger partial charge on any atom is -0.487 e. The zero-order valence-corrected chi connectivity index (χ0v) is 20.1. The molecular weight excluding hydrogens is 479 g/mol. The molecule has 0 spiro atoms. The second-order valence-electron chi connectivity index (χ2n) is 9.10. The maximum absolute atomic E-state index is 13.1. The standard InChI is InChI=1S/C29H26F3N3O2/c30-29(31,32)25-9-4-21(5-10-25)19-34-13-15-35(16-14-34)28(36)24-7-6-23-18-27(11-8-22(23)17-24)37-20-26-3-1-2-12-33-26/h1-12,17-18H,13-16,19-20H2. The number of benzene rings is 3. The van der Waals surface area contributed by atoms with Gasteiger partial charge in [0.2, 0.25) is 0 Å². The highest BCUT2D eigenvalue weighted by Gasteiger charge is 2.30. The normalized spacial score (nSPS) is 14.6. The van der Waals surface area contributed by atoms with E-state index in [4.69, 9.17) is 4.74 Å². The minimum atomic E-state index is -4.33. The van der Waals surface area contributed by atoms with Crippen molar-refractivity contribution in [2.75, 3.05) is 26.2 Å². The van der Waals surface area contributed by atoms with Crippen molar-refractivity contribution in [2.45, 2.75) is 19.3 Å². The van der Waals surface area contributed by atoms with Crippen LogP contribution in [0.1, 0.15) is 27.2 Å². The van der Waals surface area contributed by atoms with E-state index < -0.39 is 11.7 Å². The molecule has 1 aliphatic heterocycles. The molecule has 0 aliphatic carbocycles. The molecule has 0 atom stereocenters. The van der Waals surface area contributed by atoms with Crippen molar-refractivity contribution >= 4 is 16.7 Å². The molecule has 37 heavy (non-hydrogen) atoms. The lowest BCUT2D eigenvalue weighted by Gasteiger charge is -2.35. The summed E-state index contributed by atoms with van der Waals surface area (Å²) in [6.45, 7) is 3.40. The molecule has 0 saturated carbocycles. The van der Waals surface area contributed by atoms with Crippen molar-refractivity contribution in [3.8, 4) is 5.75 Å². The van der Waals surface area contributed by atoms with E-state index in [0.717, 1.165) is 39.9 Å². The van der Waals surface area contributed by atoms with Gasteiger partial charge in [-0.15, -0.1) is 0 Å². The number of aromatic nitrogens is 1. The van der Waals surface area contributed by atoms with Crippen LogP contribution in [0.15, 0.2) is 85.1 Å². The Labute approximate surface area is 213 Å². The van der Waals surface area contributed by atoms with Crippen molar-refractivity contribution in [1.29, 1.82) is 0 Å². The Morgan fingerprint density at radius 3 is 2.30 bits per heavy atom. The molecule has 190 valence electrons. The number of hydrogen-bond donors (Lipinski definition) is 0. The lowest BCUT2D eigenvalue weighted by Crippen LogP contribution is -2.48. The van der Waals surface area contributed by atoms with E-state index in [-0.39, 0.29) is 5.91 Å². The van der Waals surface area contributed by atoms with Crippen LogP contribution in [0.3, 0.4) is 0 Å². The van der Waals surface area contributed by atoms with Gasteiger partial charge in [0.1, 0.15) is 12.4 Å². The molecule has 1 amide bonds. The van der Waals surface area contributed by atoms with Crippen molar-refractivity contribution in [3.05, 3.63) is 107 Å². The van der Waals surface area contributed by atoms with Crippen LogP contribution in [-0.2, 0) is 19.3 Å². The Balaban J connectivity index is 1.16. The summed E-state index contributed by atoms with van der Waals surface area (Å²) < 4.78 is 44.2. The SMILES string of the molecule is O=C(c1ccc2cc(OCc3ccccn3)ccc2c1)N1CCN(Cc2ccc(C(F)(F)F)cc2)CC1. The first-order chi connectivity index (χ1) is 17.8. The molecule has 1 fully saturated rings. The molecular formula is C29H26F3N3O2. The molecule has 3 aromatic carbocycles. The number of piperazine rings is 1. The summed E-state index contributed by atoms with van der Waals surface area (Å²) in [5.41, 5.74) is 1.66. The topological polar surface area (TPSA) is 45.7 Å². The fraction of sp³-hybridized carbons (Fsp3) is 0.241. The summed E-state index contributed by atoms with van der Waals surface area (Å²) in [5.74, 6) is 0.716. The number of halogens is 3. The van der Waals surface area contributed by atoms with Gasteiger partial charge in [0, 0.05) is 44.5 Å². The Morgan fingerprint density at radius 1 is 0.865 bits per heavy atom. The van der Waals surface area contributed by atoms with Crippen LogP contribution in [0, 0.1) is 0 Å². The van der Waals surface area contributed by atoms with Gasteiger partial charge in [-0.3, -0.25) is 14.7 Å². The lowest BCUT2D eigenvalue weighted by atomic mass is 10.1. The van der Waals surface area contributed by atoms with E-state index in [2.05, 4.69) is 9.88 Å². The maximum atomic E-state index is 13.1. The third-order valence-electron chi connectivity index (χ3n) is 6.52. The van der Waals surface area contributed by atoms with Crippen LogP contribution < -0.4 is 4.74 Å². The number of fused-ring (bicyclic) bond motifs is 1. The molecule has 0 N–H and O–H groups in total. The molecule has 1 aromatic heterocycles. The summed E-state index contributed by atoms with van der Waals surface area (Å²) in [6, 6.07) is 22.4. The van der Waals surface area contributed by atoms with Crippen LogP contribution >= 0.6 is 0 Å². The third-order valence-corrected chi connectivity index (χ3v) is 6.52. The van der Waals surface area contributed by atoms with E-state index in [1.54, 1.807) is 6.20 Å². The third kappa shape index (κ3) is 6.09. The van der Waals surface area contributed by atoms with Crippen LogP contribution in [0.5, 0.6) is 5.75 Å². The lowest BCUT2D eigenvalue weighted by molar-refractivity contribution is -0.137. The van der Waals surface area contributed by atoms with Gasteiger partial charge in [-0.1, -0.05) is 30.3 Å². The first kappa shape index (κ1) is 24.8. The number of nitrogens with zero attached hydrogens (tertiary/aromatic N) is 3. The number of carbonyl (C=O) groups is 1. The van der Waals surface area contributed by atoms with Crippen LogP contribution in [0.25, 0.3) is 10.8 Å². The van der Waals surface area contributed by atoms with Crippen molar-refractivity contribution in [2.24, 2.45) is 0 Å². The van der Waals surface area contributed by atoms with E-state index in [9.17, 15) is 18.0 Å². The predicted molar refractivity (Wildman–Crippen MR) is 135 cm³/mol. The molecule has 0 bridgehead atoms. The summed E-state index contributed by atoms with van der Waals surface area (Å²) in [4.78, 5) is 21.4. The highest BCUT2D eigenvalue weighted by atomic mass is 19.4. The smallest absolute Gasteiger partial charge is 0.416 e. The van der Waals surface area contributed by atoms with Gasteiger partial charge < -0.3 is 9.64 Å². The molecule has 8 heteroatoms. The van der Waals surface area contributed by atoms with Crippen molar-refractivity contribution in [3.63, 3.8) is 0 Å². The Bertz CT molecular complexity index is 1370. The van der Waals surface area contributed by atoms with Gasteiger partial charge in [0.15, 0.2) is 0 Å². The van der Waals surface area contributed by atoms with E-state index >= 15 is 0 Å². The highest BCUT2D eigenvalue weighted by Crippen LogP contribution is 2.29. The van der Waals surface area contributed by atoms with E-state index in [0.29, 0.717) is 44.9 Å².